The van der Waals surface area contributed by atoms with E-state index in [1.807, 2.05) is 12.1 Å². The molecule has 1 saturated heterocycles. The molecular weight excluding hydrogens is 238 g/mol. The zero-order valence-corrected chi connectivity index (χ0v) is 11.9. The molecule has 0 bridgehead atoms. The molecule has 2 unspecified atom stereocenters. The molecule has 2 heterocycles. The van der Waals surface area contributed by atoms with Crippen LogP contribution in [0.3, 0.4) is 0 Å². The number of hydrogen-bond acceptors (Lipinski definition) is 3. The fourth-order valence-corrected chi connectivity index (χ4v) is 3.56. The van der Waals surface area contributed by atoms with Gasteiger partial charge in [0.25, 0.3) is 0 Å². The summed E-state index contributed by atoms with van der Waals surface area (Å²) in [5, 5.41) is 3.58. The summed E-state index contributed by atoms with van der Waals surface area (Å²) in [6, 6.07) is 4.43. The van der Waals surface area contributed by atoms with Gasteiger partial charge >= 0.3 is 0 Å². The summed E-state index contributed by atoms with van der Waals surface area (Å²) in [6.45, 7) is 3.19. The van der Waals surface area contributed by atoms with Crippen molar-refractivity contribution in [1.29, 1.82) is 0 Å². The van der Waals surface area contributed by atoms with Crippen LogP contribution >= 0.6 is 0 Å². The van der Waals surface area contributed by atoms with Gasteiger partial charge in [-0.15, -0.1) is 0 Å². The van der Waals surface area contributed by atoms with Crippen molar-refractivity contribution < 1.29 is 9.15 Å². The van der Waals surface area contributed by atoms with Crippen LogP contribution in [0.1, 0.15) is 51.2 Å². The van der Waals surface area contributed by atoms with Crippen LogP contribution in [-0.2, 0) is 11.2 Å². The number of furan rings is 1. The summed E-state index contributed by atoms with van der Waals surface area (Å²) in [4.78, 5) is 0. The van der Waals surface area contributed by atoms with Gasteiger partial charge < -0.3 is 14.5 Å². The largest absolute Gasteiger partial charge is 0.469 e. The normalized spacial score (nSPS) is 27.1. The van der Waals surface area contributed by atoms with Crippen LogP contribution in [0, 0.1) is 0 Å². The molecule has 106 valence electrons. The molecule has 2 fully saturated rings. The Morgan fingerprint density at radius 3 is 2.95 bits per heavy atom. The molecule has 3 heteroatoms. The third-order valence-corrected chi connectivity index (χ3v) is 4.63. The van der Waals surface area contributed by atoms with Crippen molar-refractivity contribution >= 4 is 0 Å². The van der Waals surface area contributed by atoms with Gasteiger partial charge in [0.2, 0.25) is 0 Å². The van der Waals surface area contributed by atoms with E-state index < -0.39 is 0 Å². The van der Waals surface area contributed by atoms with Crippen LogP contribution in [0.2, 0.25) is 0 Å². The molecular formula is C16H25NO2. The number of hydrogen-bond donors (Lipinski definition) is 1. The standard InChI is InChI=1S/C16H25NO2/c1-13(11-14-5-4-10-18-14)17-12-15-6-9-16(19-15)7-2-3-8-16/h4-5,10,13,15,17H,2-3,6-9,11-12H2,1H3. The Kier molecular flexibility index (Phi) is 3.94. The number of nitrogens with one attached hydrogen (secondary N) is 1. The topological polar surface area (TPSA) is 34.4 Å². The van der Waals surface area contributed by atoms with Gasteiger partial charge in [0.05, 0.1) is 18.0 Å². The molecule has 0 radical (unpaired) electrons. The molecule has 19 heavy (non-hydrogen) atoms. The molecule has 1 aliphatic carbocycles. The van der Waals surface area contributed by atoms with Crippen LogP contribution < -0.4 is 5.32 Å². The van der Waals surface area contributed by atoms with Crippen molar-refractivity contribution in [3.63, 3.8) is 0 Å². The first-order valence-corrected chi connectivity index (χ1v) is 7.69. The molecule has 1 aromatic rings. The molecule has 1 aromatic heterocycles. The Hall–Kier alpha value is -0.800. The van der Waals surface area contributed by atoms with Crippen LogP contribution in [-0.4, -0.2) is 24.3 Å². The van der Waals surface area contributed by atoms with Crippen molar-refractivity contribution in [2.45, 2.75) is 69.6 Å². The molecule has 1 spiro atoms. The summed E-state index contributed by atoms with van der Waals surface area (Å²) in [6.07, 6.45) is 10.9. The van der Waals surface area contributed by atoms with Crippen LogP contribution in [0.25, 0.3) is 0 Å². The van der Waals surface area contributed by atoms with Gasteiger partial charge in [0.15, 0.2) is 0 Å². The third-order valence-electron chi connectivity index (χ3n) is 4.63. The minimum Gasteiger partial charge on any atom is -0.469 e. The summed E-state index contributed by atoms with van der Waals surface area (Å²) in [7, 11) is 0. The van der Waals surface area contributed by atoms with Gasteiger partial charge in [-0.2, -0.15) is 0 Å². The van der Waals surface area contributed by atoms with Crippen LogP contribution in [0.4, 0.5) is 0 Å². The second kappa shape index (κ2) is 5.68. The SMILES string of the molecule is CC(Cc1ccco1)NCC1CCC2(CCCC2)O1. The zero-order chi connectivity index (χ0) is 13.1. The lowest BCUT2D eigenvalue weighted by Gasteiger charge is -2.24. The quantitative estimate of drug-likeness (QED) is 0.885. The fraction of sp³-hybridized carbons (Fsp3) is 0.750. The molecule has 3 rings (SSSR count). The van der Waals surface area contributed by atoms with Gasteiger partial charge in [-0.25, -0.2) is 0 Å². The first-order valence-electron chi connectivity index (χ1n) is 7.69. The van der Waals surface area contributed by atoms with E-state index in [1.54, 1.807) is 6.26 Å². The van der Waals surface area contributed by atoms with Crippen molar-refractivity contribution in [1.82, 2.24) is 5.32 Å². The van der Waals surface area contributed by atoms with Crippen molar-refractivity contribution in [3.8, 4) is 0 Å². The lowest BCUT2D eigenvalue weighted by Crippen LogP contribution is -2.36. The van der Waals surface area contributed by atoms with Crippen molar-refractivity contribution in [2.75, 3.05) is 6.54 Å². The second-order valence-corrected chi connectivity index (χ2v) is 6.26. The summed E-state index contributed by atoms with van der Waals surface area (Å²) in [5.74, 6) is 1.06. The molecule has 3 nitrogen and oxygen atoms in total. The van der Waals surface area contributed by atoms with Gasteiger partial charge in [0.1, 0.15) is 5.76 Å². The zero-order valence-electron chi connectivity index (χ0n) is 11.9. The fourth-order valence-electron chi connectivity index (χ4n) is 3.56. The van der Waals surface area contributed by atoms with E-state index in [1.165, 1.54) is 38.5 Å². The Balaban J connectivity index is 1.40. The lowest BCUT2D eigenvalue weighted by molar-refractivity contribution is -0.0357. The highest BCUT2D eigenvalue weighted by molar-refractivity contribution is 5.00. The predicted octanol–water partition coefficient (Wildman–Crippen LogP) is 3.29. The second-order valence-electron chi connectivity index (χ2n) is 6.26. The monoisotopic (exact) mass is 263 g/mol. The van der Waals surface area contributed by atoms with E-state index in [0.717, 1.165) is 18.7 Å². The van der Waals surface area contributed by atoms with E-state index in [4.69, 9.17) is 9.15 Å². The van der Waals surface area contributed by atoms with Gasteiger partial charge in [-0.1, -0.05) is 12.8 Å². The highest BCUT2D eigenvalue weighted by Gasteiger charge is 2.41. The maximum atomic E-state index is 6.31. The predicted molar refractivity (Wildman–Crippen MR) is 75.2 cm³/mol. The minimum absolute atomic E-state index is 0.261. The van der Waals surface area contributed by atoms with E-state index in [9.17, 15) is 0 Å². The molecule has 0 aromatic carbocycles. The van der Waals surface area contributed by atoms with Crippen molar-refractivity contribution in [2.24, 2.45) is 0 Å². The van der Waals surface area contributed by atoms with Gasteiger partial charge in [0, 0.05) is 19.0 Å². The molecule has 1 N–H and O–H groups in total. The van der Waals surface area contributed by atoms with E-state index in [-0.39, 0.29) is 5.60 Å². The highest BCUT2D eigenvalue weighted by Crippen LogP contribution is 2.43. The molecule has 2 aliphatic rings. The molecule has 1 saturated carbocycles. The Morgan fingerprint density at radius 2 is 2.21 bits per heavy atom. The maximum absolute atomic E-state index is 6.31. The molecule has 0 amide bonds. The summed E-state index contributed by atoms with van der Waals surface area (Å²) < 4.78 is 11.7. The first-order chi connectivity index (χ1) is 9.26. The number of ether oxygens (including phenoxy) is 1. The Labute approximate surface area is 115 Å². The Morgan fingerprint density at radius 1 is 1.37 bits per heavy atom. The smallest absolute Gasteiger partial charge is 0.105 e. The first kappa shape index (κ1) is 13.2. The average Bonchev–Trinajstić information content (AvgIpc) is 3.12. The van der Waals surface area contributed by atoms with E-state index in [0.29, 0.717) is 12.1 Å². The minimum atomic E-state index is 0.261. The summed E-state index contributed by atoms with van der Waals surface area (Å²) in [5.41, 5.74) is 0.261. The third kappa shape index (κ3) is 3.21. The maximum Gasteiger partial charge on any atom is 0.105 e. The van der Waals surface area contributed by atoms with Crippen LogP contribution in [0.5, 0.6) is 0 Å². The molecule has 1 aliphatic heterocycles. The average molecular weight is 263 g/mol. The number of rotatable bonds is 5. The Bertz CT molecular complexity index is 381. The van der Waals surface area contributed by atoms with E-state index in [2.05, 4.69) is 12.2 Å². The van der Waals surface area contributed by atoms with Gasteiger partial charge in [-0.05, 0) is 44.7 Å². The highest BCUT2D eigenvalue weighted by atomic mass is 16.5. The lowest BCUT2D eigenvalue weighted by atomic mass is 9.98. The van der Waals surface area contributed by atoms with Crippen molar-refractivity contribution in [3.05, 3.63) is 24.2 Å². The molecule has 2 atom stereocenters. The van der Waals surface area contributed by atoms with Gasteiger partial charge in [-0.3, -0.25) is 0 Å². The summed E-state index contributed by atoms with van der Waals surface area (Å²) >= 11 is 0. The van der Waals surface area contributed by atoms with Crippen LogP contribution in [0.15, 0.2) is 22.8 Å². The van der Waals surface area contributed by atoms with E-state index >= 15 is 0 Å².